The molecule has 4 heteroatoms. The molecule has 2 amide bonds. The molecule has 0 unspecified atom stereocenters. The van der Waals surface area contributed by atoms with Crippen LogP contribution in [0, 0.1) is 0 Å². The summed E-state index contributed by atoms with van der Waals surface area (Å²) >= 11 is 0. The number of hydrogen-bond acceptors (Lipinski definition) is 2. The summed E-state index contributed by atoms with van der Waals surface area (Å²) in [6.07, 6.45) is 11.6. The average molecular weight is 342 g/mol. The number of allylic oxidation sites excluding steroid dienone is 1. The summed E-state index contributed by atoms with van der Waals surface area (Å²) in [7, 11) is 0. The number of carbonyl (C=O) groups is 2. The molecule has 0 fully saturated rings. The van der Waals surface area contributed by atoms with Crippen molar-refractivity contribution in [2.24, 2.45) is 0 Å². The lowest BCUT2D eigenvalue weighted by molar-refractivity contribution is -0.121. The van der Waals surface area contributed by atoms with Gasteiger partial charge in [0.1, 0.15) is 0 Å². The molecule has 4 nitrogen and oxygen atoms in total. The Bertz CT molecular complexity index is 567. The second kappa shape index (κ2) is 11.5. The van der Waals surface area contributed by atoms with Crippen molar-refractivity contribution >= 4 is 11.8 Å². The summed E-state index contributed by atoms with van der Waals surface area (Å²) in [4.78, 5) is 23.7. The molecule has 0 aromatic heterocycles. The standard InChI is InChI=1S/C21H30N2O2/c24-20(22-17-15-18-10-4-1-5-11-18)14-8-3-9-16-23-21(25)19-12-6-2-7-13-19/h2,6-7,10,12-13H,1,3-5,8-9,11,14-17H2,(H,22,24)(H,23,25). The van der Waals surface area contributed by atoms with Crippen molar-refractivity contribution in [3.8, 4) is 0 Å². The fraction of sp³-hybridized carbons (Fsp3) is 0.524. The molecule has 2 rings (SSSR count). The zero-order chi connectivity index (χ0) is 17.7. The van der Waals surface area contributed by atoms with Crippen LogP contribution in [0.4, 0.5) is 0 Å². The SMILES string of the molecule is O=C(CCCCCNC(=O)c1ccccc1)NCCC1=CCCCC1. The maximum absolute atomic E-state index is 11.9. The summed E-state index contributed by atoms with van der Waals surface area (Å²) in [5, 5.41) is 5.92. The monoisotopic (exact) mass is 342 g/mol. The minimum atomic E-state index is -0.0321. The van der Waals surface area contributed by atoms with Gasteiger partial charge in [0.2, 0.25) is 5.91 Å². The van der Waals surface area contributed by atoms with Crippen molar-refractivity contribution in [2.45, 2.75) is 57.8 Å². The second-order valence-electron chi connectivity index (χ2n) is 6.64. The average Bonchev–Trinajstić information content (AvgIpc) is 2.66. The van der Waals surface area contributed by atoms with Gasteiger partial charge in [-0.15, -0.1) is 0 Å². The second-order valence-corrected chi connectivity index (χ2v) is 6.64. The van der Waals surface area contributed by atoms with Crippen molar-refractivity contribution < 1.29 is 9.59 Å². The zero-order valence-corrected chi connectivity index (χ0v) is 15.1. The molecule has 0 saturated carbocycles. The van der Waals surface area contributed by atoms with Gasteiger partial charge < -0.3 is 10.6 Å². The summed E-state index contributed by atoms with van der Waals surface area (Å²) in [6, 6.07) is 9.23. The highest BCUT2D eigenvalue weighted by molar-refractivity contribution is 5.94. The minimum Gasteiger partial charge on any atom is -0.356 e. The first kappa shape index (κ1) is 19.2. The van der Waals surface area contributed by atoms with Crippen LogP contribution in [0.1, 0.15) is 68.1 Å². The summed E-state index contributed by atoms with van der Waals surface area (Å²) in [6.45, 7) is 1.42. The predicted octanol–water partition coefficient (Wildman–Crippen LogP) is 3.98. The van der Waals surface area contributed by atoms with Gasteiger partial charge in [0.05, 0.1) is 0 Å². The molecule has 1 aliphatic rings. The first-order chi connectivity index (χ1) is 12.3. The highest BCUT2D eigenvalue weighted by atomic mass is 16.2. The molecule has 0 saturated heterocycles. The van der Waals surface area contributed by atoms with Crippen molar-refractivity contribution in [2.75, 3.05) is 13.1 Å². The molecule has 1 aromatic carbocycles. The number of amides is 2. The molecule has 0 bridgehead atoms. The van der Waals surface area contributed by atoms with Crippen LogP contribution in [0.3, 0.4) is 0 Å². The molecule has 1 aliphatic carbocycles. The molecule has 0 aliphatic heterocycles. The summed E-state index contributed by atoms with van der Waals surface area (Å²) < 4.78 is 0. The van der Waals surface area contributed by atoms with Gasteiger partial charge in [0.25, 0.3) is 5.91 Å². The van der Waals surface area contributed by atoms with Gasteiger partial charge in [0.15, 0.2) is 0 Å². The smallest absolute Gasteiger partial charge is 0.251 e. The number of unbranched alkanes of at least 4 members (excludes halogenated alkanes) is 2. The van der Waals surface area contributed by atoms with E-state index in [9.17, 15) is 9.59 Å². The Morgan fingerprint density at radius 1 is 0.920 bits per heavy atom. The molecular formula is C21H30N2O2. The Morgan fingerprint density at radius 2 is 1.76 bits per heavy atom. The number of carbonyl (C=O) groups excluding carboxylic acids is 2. The quantitative estimate of drug-likeness (QED) is 0.499. The lowest BCUT2D eigenvalue weighted by atomic mass is 9.97. The molecule has 0 atom stereocenters. The molecule has 0 spiro atoms. The van der Waals surface area contributed by atoms with Crippen molar-refractivity contribution in [3.05, 3.63) is 47.5 Å². The van der Waals surface area contributed by atoms with Gasteiger partial charge in [-0.2, -0.15) is 0 Å². The van der Waals surface area contributed by atoms with E-state index in [0.717, 1.165) is 32.2 Å². The Balaban J connectivity index is 1.45. The maximum Gasteiger partial charge on any atom is 0.251 e. The van der Waals surface area contributed by atoms with Gasteiger partial charge in [-0.1, -0.05) is 36.3 Å². The van der Waals surface area contributed by atoms with Gasteiger partial charge in [-0.25, -0.2) is 0 Å². The van der Waals surface area contributed by atoms with E-state index in [1.165, 1.54) is 31.3 Å². The zero-order valence-electron chi connectivity index (χ0n) is 15.1. The Labute approximate surface area is 151 Å². The van der Waals surface area contributed by atoms with Crippen LogP contribution in [0.25, 0.3) is 0 Å². The van der Waals surface area contributed by atoms with E-state index >= 15 is 0 Å². The van der Waals surface area contributed by atoms with Crippen LogP contribution in [-0.4, -0.2) is 24.9 Å². The van der Waals surface area contributed by atoms with Crippen molar-refractivity contribution in [1.82, 2.24) is 10.6 Å². The third kappa shape index (κ3) is 8.01. The number of nitrogens with one attached hydrogen (secondary N) is 2. The van der Waals surface area contributed by atoms with Crippen LogP contribution in [0.2, 0.25) is 0 Å². The molecule has 25 heavy (non-hydrogen) atoms. The minimum absolute atomic E-state index is 0.0321. The molecule has 136 valence electrons. The van der Waals surface area contributed by atoms with Crippen LogP contribution >= 0.6 is 0 Å². The summed E-state index contributed by atoms with van der Waals surface area (Å²) in [5.41, 5.74) is 2.19. The first-order valence-corrected chi connectivity index (χ1v) is 9.53. The largest absolute Gasteiger partial charge is 0.356 e. The Hall–Kier alpha value is -2.10. The fourth-order valence-corrected chi connectivity index (χ4v) is 3.06. The molecular weight excluding hydrogens is 312 g/mol. The van der Waals surface area contributed by atoms with Gasteiger partial charge in [-0.05, 0) is 57.1 Å². The molecule has 2 N–H and O–H groups in total. The van der Waals surface area contributed by atoms with Crippen LogP contribution in [-0.2, 0) is 4.79 Å². The lowest BCUT2D eigenvalue weighted by Gasteiger charge is -2.12. The molecule has 1 aromatic rings. The van der Waals surface area contributed by atoms with E-state index in [1.54, 1.807) is 0 Å². The fourth-order valence-electron chi connectivity index (χ4n) is 3.06. The van der Waals surface area contributed by atoms with E-state index in [1.807, 2.05) is 30.3 Å². The van der Waals surface area contributed by atoms with Crippen LogP contribution in [0.5, 0.6) is 0 Å². The van der Waals surface area contributed by atoms with E-state index in [0.29, 0.717) is 18.5 Å². The van der Waals surface area contributed by atoms with Gasteiger partial charge >= 0.3 is 0 Å². The van der Waals surface area contributed by atoms with Crippen molar-refractivity contribution in [1.29, 1.82) is 0 Å². The molecule has 0 heterocycles. The first-order valence-electron chi connectivity index (χ1n) is 9.53. The van der Waals surface area contributed by atoms with Gasteiger partial charge in [0, 0.05) is 25.1 Å². The maximum atomic E-state index is 11.9. The number of hydrogen-bond donors (Lipinski definition) is 2. The third-order valence-electron chi connectivity index (χ3n) is 4.56. The van der Waals surface area contributed by atoms with E-state index < -0.39 is 0 Å². The van der Waals surface area contributed by atoms with Crippen LogP contribution in [0.15, 0.2) is 42.0 Å². The number of benzene rings is 1. The number of rotatable bonds is 10. The third-order valence-corrected chi connectivity index (χ3v) is 4.56. The van der Waals surface area contributed by atoms with Gasteiger partial charge in [-0.3, -0.25) is 9.59 Å². The highest BCUT2D eigenvalue weighted by Gasteiger charge is 2.06. The lowest BCUT2D eigenvalue weighted by Crippen LogP contribution is -2.25. The van der Waals surface area contributed by atoms with E-state index in [-0.39, 0.29) is 11.8 Å². The van der Waals surface area contributed by atoms with Crippen LogP contribution < -0.4 is 10.6 Å². The predicted molar refractivity (Wildman–Crippen MR) is 101 cm³/mol. The Kier molecular flexibility index (Phi) is 8.81. The topological polar surface area (TPSA) is 58.2 Å². The van der Waals surface area contributed by atoms with E-state index in [2.05, 4.69) is 16.7 Å². The normalized spacial score (nSPS) is 13.8. The summed E-state index contributed by atoms with van der Waals surface area (Å²) in [5.74, 6) is 0.111. The highest BCUT2D eigenvalue weighted by Crippen LogP contribution is 2.19. The van der Waals surface area contributed by atoms with E-state index in [4.69, 9.17) is 0 Å². The molecule has 0 radical (unpaired) electrons. The Morgan fingerprint density at radius 3 is 2.52 bits per heavy atom. The van der Waals surface area contributed by atoms with Crippen molar-refractivity contribution in [3.63, 3.8) is 0 Å².